The summed E-state index contributed by atoms with van der Waals surface area (Å²) >= 11 is 0. The van der Waals surface area contributed by atoms with Gasteiger partial charge in [0.25, 0.3) is 0 Å². The minimum Gasteiger partial charge on any atom is -0.251 e. The summed E-state index contributed by atoms with van der Waals surface area (Å²) < 4.78 is 25.2. The molecule has 0 amide bonds. The average Bonchev–Trinajstić information content (AvgIpc) is 2.20. The maximum Gasteiger partial charge on any atom is 0.100 e. The standard InChI is InChI=1S/C12H22F2/c13-9-5-4-8-12(14)10-11-6-2-1-3-7-11/h11-12H,1-10H2. The minimum atomic E-state index is -0.676. The molecule has 0 aromatic heterocycles. The van der Waals surface area contributed by atoms with Gasteiger partial charge in [0.15, 0.2) is 0 Å². The molecule has 0 spiro atoms. The van der Waals surface area contributed by atoms with Crippen molar-refractivity contribution in [2.24, 2.45) is 5.92 Å². The number of halogens is 2. The molecule has 1 fully saturated rings. The maximum absolute atomic E-state index is 13.4. The van der Waals surface area contributed by atoms with Crippen LogP contribution < -0.4 is 0 Å². The summed E-state index contributed by atoms with van der Waals surface area (Å²) in [6.07, 6.45) is 8.18. The SMILES string of the molecule is FCCCCC(F)CC1CCCCC1. The molecule has 0 saturated heterocycles. The molecule has 1 atom stereocenters. The Hall–Kier alpha value is -0.140. The lowest BCUT2D eigenvalue weighted by Crippen LogP contribution is -2.13. The largest absolute Gasteiger partial charge is 0.251 e. The van der Waals surface area contributed by atoms with E-state index >= 15 is 0 Å². The molecule has 0 radical (unpaired) electrons. The van der Waals surface area contributed by atoms with Crippen LogP contribution in [0.15, 0.2) is 0 Å². The molecule has 1 aliphatic carbocycles. The Balaban J connectivity index is 2.03. The summed E-state index contributed by atoms with van der Waals surface area (Å²) in [5, 5.41) is 0. The van der Waals surface area contributed by atoms with Gasteiger partial charge in [0, 0.05) is 0 Å². The second kappa shape index (κ2) is 7.19. The molecule has 0 bridgehead atoms. The zero-order chi connectivity index (χ0) is 10.2. The van der Waals surface area contributed by atoms with Gasteiger partial charge in [-0.05, 0) is 31.6 Å². The fourth-order valence-electron chi connectivity index (χ4n) is 2.36. The summed E-state index contributed by atoms with van der Waals surface area (Å²) in [5.41, 5.74) is 0. The van der Waals surface area contributed by atoms with Crippen molar-refractivity contribution < 1.29 is 8.78 Å². The Morgan fingerprint density at radius 2 is 1.79 bits per heavy atom. The van der Waals surface area contributed by atoms with Crippen molar-refractivity contribution in [3.63, 3.8) is 0 Å². The lowest BCUT2D eigenvalue weighted by Gasteiger charge is -2.22. The average molecular weight is 204 g/mol. The van der Waals surface area contributed by atoms with Gasteiger partial charge < -0.3 is 0 Å². The highest BCUT2D eigenvalue weighted by atomic mass is 19.1. The Bertz CT molecular complexity index is 130. The highest BCUT2D eigenvalue weighted by molar-refractivity contribution is 4.70. The van der Waals surface area contributed by atoms with Crippen molar-refractivity contribution >= 4 is 0 Å². The van der Waals surface area contributed by atoms with Crippen LogP contribution in [0.3, 0.4) is 0 Å². The molecule has 84 valence electrons. The summed E-state index contributed by atoms with van der Waals surface area (Å²) in [5.74, 6) is 0.615. The van der Waals surface area contributed by atoms with Crippen molar-refractivity contribution in [1.82, 2.24) is 0 Å². The fourth-order valence-corrected chi connectivity index (χ4v) is 2.36. The van der Waals surface area contributed by atoms with Gasteiger partial charge in [0.2, 0.25) is 0 Å². The lowest BCUT2D eigenvalue weighted by atomic mass is 9.85. The van der Waals surface area contributed by atoms with Crippen molar-refractivity contribution in [3.8, 4) is 0 Å². The van der Waals surface area contributed by atoms with Gasteiger partial charge in [0.05, 0.1) is 6.67 Å². The zero-order valence-corrected chi connectivity index (χ0v) is 8.98. The van der Waals surface area contributed by atoms with Crippen LogP contribution in [0.25, 0.3) is 0 Å². The number of hydrogen-bond acceptors (Lipinski definition) is 0. The van der Waals surface area contributed by atoms with Crippen molar-refractivity contribution in [2.75, 3.05) is 6.67 Å². The van der Waals surface area contributed by atoms with E-state index in [1.807, 2.05) is 0 Å². The molecule has 1 saturated carbocycles. The molecule has 1 rings (SSSR count). The predicted molar refractivity (Wildman–Crippen MR) is 55.9 cm³/mol. The maximum atomic E-state index is 13.4. The van der Waals surface area contributed by atoms with E-state index in [1.54, 1.807) is 0 Å². The van der Waals surface area contributed by atoms with E-state index in [1.165, 1.54) is 32.1 Å². The fraction of sp³-hybridized carbons (Fsp3) is 1.00. The molecule has 0 heterocycles. The Morgan fingerprint density at radius 3 is 2.43 bits per heavy atom. The van der Waals surface area contributed by atoms with Crippen LogP contribution in [0.5, 0.6) is 0 Å². The molecule has 0 aliphatic heterocycles. The van der Waals surface area contributed by atoms with E-state index in [-0.39, 0.29) is 6.67 Å². The normalized spacial score (nSPS) is 21.0. The highest BCUT2D eigenvalue weighted by Gasteiger charge is 2.17. The molecule has 0 N–H and O–H groups in total. The van der Waals surface area contributed by atoms with Crippen molar-refractivity contribution in [2.45, 2.75) is 64.0 Å². The Labute approximate surface area is 86.1 Å². The van der Waals surface area contributed by atoms with Gasteiger partial charge in [0.1, 0.15) is 6.17 Å². The van der Waals surface area contributed by atoms with E-state index in [2.05, 4.69) is 0 Å². The van der Waals surface area contributed by atoms with Gasteiger partial charge in [-0.2, -0.15) is 0 Å². The van der Waals surface area contributed by atoms with Crippen LogP contribution in [0.4, 0.5) is 8.78 Å². The minimum absolute atomic E-state index is 0.295. The second-order valence-electron chi connectivity index (χ2n) is 4.52. The van der Waals surface area contributed by atoms with Crippen LogP contribution >= 0.6 is 0 Å². The highest BCUT2D eigenvalue weighted by Crippen LogP contribution is 2.29. The van der Waals surface area contributed by atoms with Gasteiger partial charge in [-0.15, -0.1) is 0 Å². The summed E-state index contributed by atoms with van der Waals surface area (Å²) in [6.45, 7) is -0.295. The van der Waals surface area contributed by atoms with E-state index in [9.17, 15) is 8.78 Å². The monoisotopic (exact) mass is 204 g/mol. The zero-order valence-electron chi connectivity index (χ0n) is 8.98. The van der Waals surface area contributed by atoms with E-state index in [0.29, 0.717) is 25.2 Å². The molecule has 0 aromatic rings. The van der Waals surface area contributed by atoms with Crippen molar-refractivity contribution in [1.29, 1.82) is 0 Å². The quantitative estimate of drug-likeness (QED) is 0.561. The summed E-state index contributed by atoms with van der Waals surface area (Å²) in [4.78, 5) is 0. The molecule has 1 aliphatic rings. The van der Waals surface area contributed by atoms with Crippen molar-refractivity contribution in [3.05, 3.63) is 0 Å². The smallest absolute Gasteiger partial charge is 0.100 e. The first kappa shape index (κ1) is 11.9. The first-order chi connectivity index (χ1) is 6.83. The van der Waals surface area contributed by atoms with Gasteiger partial charge in [-0.1, -0.05) is 32.1 Å². The predicted octanol–water partition coefficient (Wildman–Crippen LogP) is 4.43. The van der Waals surface area contributed by atoms with Crippen LogP contribution in [-0.2, 0) is 0 Å². The topological polar surface area (TPSA) is 0 Å². The Morgan fingerprint density at radius 1 is 1.07 bits per heavy atom. The molecular weight excluding hydrogens is 182 g/mol. The van der Waals surface area contributed by atoms with Gasteiger partial charge in [-0.25, -0.2) is 4.39 Å². The Kier molecular flexibility index (Phi) is 6.13. The first-order valence-electron chi connectivity index (χ1n) is 6.03. The first-order valence-corrected chi connectivity index (χ1v) is 6.03. The molecule has 2 heteroatoms. The third-order valence-electron chi connectivity index (χ3n) is 3.21. The van der Waals surface area contributed by atoms with Crippen LogP contribution in [0.2, 0.25) is 0 Å². The number of alkyl halides is 2. The number of rotatable bonds is 6. The lowest BCUT2D eigenvalue weighted by molar-refractivity contribution is 0.215. The molecule has 0 nitrogen and oxygen atoms in total. The summed E-state index contributed by atoms with van der Waals surface area (Å²) in [6, 6.07) is 0. The van der Waals surface area contributed by atoms with E-state index < -0.39 is 6.17 Å². The summed E-state index contributed by atoms with van der Waals surface area (Å²) in [7, 11) is 0. The van der Waals surface area contributed by atoms with Crippen LogP contribution in [0.1, 0.15) is 57.8 Å². The van der Waals surface area contributed by atoms with Crippen LogP contribution in [0, 0.1) is 5.92 Å². The molecule has 0 aromatic carbocycles. The van der Waals surface area contributed by atoms with E-state index in [4.69, 9.17) is 0 Å². The third kappa shape index (κ3) is 4.92. The molecule has 14 heavy (non-hydrogen) atoms. The van der Waals surface area contributed by atoms with Gasteiger partial charge >= 0.3 is 0 Å². The van der Waals surface area contributed by atoms with Crippen LogP contribution in [-0.4, -0.2) is 12.8 Å². The second-order valence-corrected chi connectivity index (χ2v) is 4.52. The third-order valence-corrected chi connectivity index (χ3v) is 3.21. The molecular formula is C12H22F2. The number of unbranched alkanes of at least 4 members (excludes halogenated alkanes) is 1. The molecule has 1 unspecified atom stereocenters. The van der Waals surface area contributed by atoms with E-state index in [0.717, 1.165) is 6.42 Å². The number of hydrogen-bond donors (Lipinski definition) is 0. The van der Waals surface area contributed by atoms with Gasteiger partial charge in [-0.3, -0.25) is 4.39 Å².